The quantitative estimate of drug-likeness (QED) is 0.385. The summed E-state index contributed by atoms with van der Waals surface area (Å²) < 4.78 is 0. The molecule has 0 saturated carbocycles. The first kappa shape index (κ1) is 17.5. The summed E-state index contributed by atoms with van der Waals surface area (Å²) in [6.07, 6.45) is 21.2. The van der Waals surface area contributed by atoms with Crippen molar-refractivity contribution in [1.29, 1.82) is 0 Å². The summed E-state index contributed by atoms with van der Waals surface area (Å²) in [5.74, 6) is 0. The second kappa shape index (κ2) is 16.5. The van der Waals surface area contributed by atoms with E-state index in [0.717, 1.165) is 6.54 Å². The van der Waals surface area contributed by atoms with E-state index in [4.69, 9.17) is 0 Å². The van der Waals surface area contributed by atoms with Crippen molar-refractivity contribution in [3.05, 3.63) is 12.3 Å². The zero-order valence-corrected chi connectivity index (χ0v) is 12.8. The average molecular weight is 253 g/mol. The summed E-state index contributed by atoms with van der Waals surface area (Å²) in [4.78, 5) is 0. The predicted octanol–water partition coefficient (Wildman–Crippen LogP) is 5.81. The molecule has 1 heteroatoms. The number of rotatable bonds is 14. The Labute approximate surface area is 115 Å². The van der Waals surface area contributed by atoms with Gasteiger partial charge >= 0.3 is 0 Å². The van der Waals surface area contributed by atoms with Crippen molar-refractivity contribution in [3.8, 4) is 0 Å². The molecule has 0 aromatic carbocycles. The van der Waals surface area contributed by atoms with Crippen LogP contribution in [0.1, 0.15) is 90.9 Å². The molecule has 0 aliphatic carbocycles. The third-order valence-corrected chi connectivity index (χ3v) is 3.46. The third-order valence-electron chi connectivity index (χ3n) is 3.46. The molecule has 1 nitrogen and oxygen atoms in total. The summed E-state index contributed by atoms with van der Waals surface area (Å²) >= 11 is 0. The van der Waals surface area contributed by atoms with Gasteiger partial charge in [0, 0.05) is 6.54 Å². The van der Waals surface area contributed by atoms with Crippen molar-refractivity contribution in [3.63, 3.8) is 0 Å². The van der Waals surface area contributed by atoms with Crippen LogP contribution in [-0.4, -0.2) is 6.54 Å². The Hall–Kier alpha value is -0.460. The molecule has 0 aliphatic rings. The third kappa shape index (κ3) is 15.5. The van der Waals surface area contributed by atoms with Crippen molar-refractivity contribution in [1.82, 2.24) is 5.32 Å². The van der Waals surface area contributed by atoms with Gasteiger partial charge in [-0.2, -0.15) is 0 Å². The number of unbranched alkanes of at least 4 members (excludes halogenated alkanes) is 11. The van der Waals surface area contributed by atoms with E-state index in [1.807, 2.05) is 6.20 Å². The van der Waals surface area contributed by atoms with Crippen LogP contribution in [0.4, 0.5) is 0 Å². The Bertz CT molecular complexity index is 163. The van der Waals surface area contributed by atoms with E-state index in [-0.39, 0.29) is 0 Å². The highest BCUT2D eigenvalue weighted by Gasteiger charge is 1.92. The van der Waals surface area contributed by atoms with E-state index >= 15 is 0 Å². The Morgan fingerprint density at radius 3 is 1.56 bits per heavy atom. The normalized spacial score (nSPS) is 11.2. The molecule has 0 amide bonds. The molecular formula is C17H35N. The highest BCUT2D eigenvalue weighted by atomic mass is 14.8. The topological polar surface area (TPSA) is 12.0 Å². The zero-order valence-electron chi connectivity index (χ0n) is 12.8. The lowest BCUT2D eigenvalue weighted by molar-refractivity contribution is 0.542. The van der Waals surface area contributed by atoms with Gasteiger partial charge in [-0.15, -0.1) is 0 Å². The standard InChI is InChI=1S/C17H35N/c1-3-5-6-7-8-9-10-11-12-13-14-15-17-18-16-4-2/h4,16,18H,3,5-15,17H2,1-2H3. The van der Waals surface area contributed by atoms with E-state index in [0.29, 0.717) is 0 Å². The van der Waals surface area contributed by atoms with E-state index < -0.39 is 0 Å². The maximum absolute atomic E-state index is 3.29. The van der Waals surface area contributed by atoms with Crippen LogP contribution in [0.25, 0.3) is 0 Å². The first-order valence-electron chi connectivity index (χ1n) is 8.26. The molecule has 0 spiro atoms. The van der Waals surface area contributed by atoms with Gasteiger partial charge < -0.3 is 5.32 Å². The van der Waals surface area contributed by atoms with Gasteiger partial charge in [-0.05, 0) is 19.5 Å². The first-order chi connectivity index (χ1) is 8.91. The molecule has 0 aromatic heterocycles. The fourth-order valence-electron chi connectivity index (χ4n) is 2.27. The van der Waals surface area contributed by atoms with Crippen LogP contribution < -0.4 is 5.32 Å². The lowest BCUT2D eigenvalue weighted by Crippen LogP contribution is -2.05. The monoisotopic (exact) mass is 253 g/mol. The molecule has 0 bridgehead atoms. The summed E-state index contributed by atoms with van der Waals surface area (Å²) in [6.45, 7) is 5.48. The van der Waals surface area contributed by atoms with Crippen molar-refractivity contribution in [2.45, 2.75) is 90.9 Å². The van der Waals surface area contributed by atoms with Gasteiger partial charge in [0.25, 0.3) is 0 Å². The minimum Gasteiger partial charge on any atom is -0.391 e. The van der Waals surface area contributed by atoms with E-state index in [9.17, 15) is 0 Å². The summed E-state index contributed by atoms with van der Waals surface area (Å²) in [5, 5.41) is 3.29. The molecule has 0 aliphatic heterocycles. The minimum atomic E-state index is 1.14. The van der Waals surface area contributed by atoms with Gasteiger partial charge in [0.15, 0.2) is 0 Å². The lowest BCUT2D eigenvalue weighted by atomic mass is 10.1. The van der Waals surface area contributed by atoms with Gasteiger partial charge in [-0.3, -0.25) is 0 Å². The van der Waals surface area contributed by atoms with Gasteiger partial charge in [-0.25, -0.2) is 0 Å². The van der Waals surface area contributed by atoms with Crippen LogP contribution in [-0.2, 0) is 0 Å². The summed E-state index contributed by atoms with van der Waals surface area (Å²) in [6, 6.07) is 0. The number of nitrogens with one attached hydrogen (secondary N) is 1. The minimum absolute atomic E-state index is 1.14. The van der Waals surface area contributed by atoms with Crippen LogP contribution >= 0.6 is 0 Å². The van der Waals surface area contributed by atoms with Crippen LogP contribution in [0, 0.1) is 0 Å². The largest absolute Gasteiger partial charge is 0.391 e. The first-order valence-corrected chi connectivity index (χ1v) is 8.26. The molecule has 108 valence electrons. The number of hydrogen-bond acceptors (Lipinski definition) is 1. The molecule has 0 radical (unpaired) electrons. The molecule has 18 heavy (non-hydrogen) atoms. The molecule has 0 fully saturated rings. The smallest absolute Gasteiger partial charge is 0.0141 e. The fraction of sp³-hybridized carbons (Fsp3) is 0.882. The van der Waals surface area contributed by atoms with Crippen LogP contribution in [0.3, 0.4) is 0 Å². The van der Waals surface area contributed by atoms with Crippen molar-refractivity contribution < 1.29 is 0 Å². The average Bonchev–Trinajstić information content (AvgIpc) is 2.39. The Morgan fingerprint density at radius 1 is 0.667 bits per heavy atom. The highest BCUT2D eigenvalue weighted by molar-refractivity contribution is 4.73. The molecule has 0 rings (SSSR count). The Kier molecular flexibility index (Phi) is 16.1. The fourth-order valence-corrected chi connectivity index (χ4v) is 2.27. The molecule has 0 unspecified atom stereocenters. The zero-order chi connectivity index (χ0) is 13.3. The highest BCUT2D eigenvalue weighted by Crippen LogP contribution is 2.11. The van der Waals surface area contributed by atoms with Gasteiger partial charge in [-0.1, -0.05) is 83.6 Å². The van der Waals surface area contributed by atoms with E-state index in [1.54, 1.807) is 0 Å². The molecule has 0 saturated heterocycles. The summed E-state index contributed by atoms with van der Waals surface area (Å²) in [7, 11) is 0. The van der Waals surface area contributed by atoms with E-state index in [1.165, 1.54) is 77.0 Å². The molecule has 0 atom stereocenters. The number of allylic oxidation sites excluding steroid dienone is 1. The lowest BCUT2D eigenvalue weighted by Gasteiger charge is -2.03. The molecule has 0 heterocycles. The van der Waals surface area contributed by atoms with Gasteiger partial charge in [0.1, 0.15) is 0 Å². The van der Waals surface area contributed by atoms with Crippen LogP contribution in [0.5, 0.6) is 0 Å². The second-order valence-corrected chi connectivity index (χ2v) is 5.34. The maximum atomic E-state index is 3.29. The SMILES string of the molecule is CC=CNCCCCCCCCCCCCCC. The van der Waals surface area contributed by atoms with Crippen molar-refractivity contribution in [2.75, 3.05) is 6.54 Å². The summed E-state index contributed by atoms with van der Waals surface area (Å²) in [5.41, 5.74) is 0. The van der Waals surface area contributed by atoms with Crippen molar-refractivity contribution in [2.24, 2.45) is 0 Å². The Balaban J connectivity index is 2.90. The predicted molar refractivity (Wildman–Crippen MR) is 83.9 cm³/mol. The van der Waals surface area contributed by atoms with Crippen LogP contribution in [0.2, 0.25) is 0 Å². The second-order valence-electron chi connectivity index (χ2n) is 5.34. The maximum Gasteiger partial charge on any atom is 0.0141 e. The molecule has 1 N–H and O–H groups in total. The molecule has 0 aromatic rings. The van der Waals surface area contributed by atoms with E-state index in [2.05, 4.69) is 25.2 Å². The van der Waals surface area contributed by atoms with Crippen LogP contribution in [0.15, 0.2) is 12.3 Å². The van der Waals surface area contributed by atoms with Gasteiger partial charge in [0.05, 0.1) is 0 Å². The van der Waals surface area contributed by atoms with Gasteiger partial charge in [0.2, 0.25) is 0 Å². The molecular weight excluding hydrogens is 218 g/mol. The number of hydrogen-bond donors (Lipinski definition) is 1. The van der Waals surface area contributed by atoms with Crippen molar-refractivity contribution >= 4 is 0 Å². The Morgan fingerprint density at radius 2 is 1.11 bits per heavy atom.